The number of aromatic nitrogens is 2. The van der Waals surface area contributed by atoms with E-state index in [4.69, 9.17) is 14.8 Å². The summed E-state index contributed by atoms with van der Waals surface area (Å²) in [4.78, 5) is 21.9. The first kappa shape index (κ1) is 24.2. The normalized spacial score (nSPS) is 18.8. The lowest BCUT2D eigenvalue weighted by Crippen LogP contribution is -2.54. The molecule has 1 saturated heterocycles. The highest BCUT2D eigenvalue weighted by Gasteiger charge is 2.37. The molecule has 1 N–H and O–H groups in total. The van der Waals surface area contributed by atoms with Crippen LogP contribution in [0.4, 0.5) is 8.78 Å². The van der Waals surface area contributed by atoms with Gasteiger partial charge < -0.3 is 14.7 Å². The smallest absolute Gasteiger partial charge is 0.387 e. The molecule has 0 aliphatic carbocycles. The number of aliphatic hydroxyl groups excluding tert-OH is 1. The van der Waals surface area contributed by atoms with Crippen molar-refractivity contribution in [3.63, 3.8) is 0 Å². The summed E-state index contributed by atoms with van der Waals surface area (Å²) < 4.78 is 33.3. The molecule has 36 heavy (non-hydrogen) atoms. The van der Waals surface area contributed by atoms with Crippen molar-refractivity contribution in [3.05, 3.63) is 53.3 Å². The second kappa shape index (κ2) is 9.19. The fourth-order valence-corrected chi connectivity index (χ4v) is 5.25. The highest BCUT2D eigenvalue weighted by atomic mass is 19.3. The number of halogens is 2. The van der Waals surface area contributed by atoms with E-state index >= 15 is 0 Å². The summed E-state index contributed by atoms with van der Waals surface area (Å²) in [5.74, 6) is 6.84. The van der Waals surface area contributed by atoms with Gasteiger partial charge in [-0.1, -0.05) is 24.8 Å². The van der Waals surface area contributed by atoms with E-state index in [0.29, 0.717) is 29.8 Å². The van der Waals surface area contributed by atoms with Crippen molar-refractivity contribution < 1.29 is 23.4 Å². The maximum Gasteiger partial charge on any atom is 0.387 e. The van der Waals surface area contributed by atoms with Crippen LogP contribution >= 0.6 is 0 Å². The number of carbonyl (C=O) groups is 1. The van der Waals surface area contributed by atoms with E-state index in [-0.39, 0.29) is 41.0 Å². The highest BCUT2D eigenvalue weighted by Crippen LogP contribution is 2.40. The third kappa shape index (κ3) is 4.10. The average molecular weight is 495 g/mol. The van der Waals surface area contributed by atoms with Crippen LogP contribution in [0, 0.1) is 17.3 Å². The van der Waals surface area contributed by atoms with Gasteiger partial charge in [-0.15, -0.1) is 0 Å². The first-order chi connectivity index (χ1) is 17.2. The average Bonchev–Trinajstić information content (AvgIpc) is 3.15. The number of nitrogens with zero attached hydrogens (tertiary/aromatic N) is 4. The van der Waals surface area contributed by atoms with Crippen molar-refractivity contribution in [3.8, 4) is 23.3 Å². The predicted molar refractivity (Wildman–Crippen MR) is 131 cm³/mol. The van der Waals surface area contributed by atoms with Gasteiger partial charge >= 0.3 is 6.61 Å². The second-order valence-electron chi connectivity index (χ2n) is 9.62. The molecular formula is C27H28F2N4O3. The Kier molecular flexibility index (Phi) is 6.18. The number of aliphatic hydroxyl groups is 1. The fraction of sp³-hybridized carbons (Fsp3) is 0.407. The predicted octanol–water partition coefficient (Wildman–Crippen LogP) is 3.83. The number of imidazole rings is 1. The summed E-state index contributed by atoms with van der Waals surface area (Å²) in [5, 5.41) is 9.12. The number of fused-ring (bicyclic) bond motifs is 5. The van der Waals surface area contributed by atoms with Crippen LogP contribution in [0.25, 0.3) is 16.7 Å². The molecule has 1 amide bonds. The van der Waals surface area contributed by atoms with Crippen LogP contribution in [0.5, 0.6) is 5.75 Å². The van der Waals surface area contributed by atoms with Gasteiger partial charge in [0.15, 0.2) is 5.75 Å². The molecule has 0 saturated carbocycles. The number of alkyl halides is 2. The molecule has 0 spiro atoms. The molecule has 2 aromatic carbocycles. The molecule has 2 aliphatic heterocycles. The van der Waals surface area contributed by atoms with Crippen LogP contribution in [0.15, 0.2) is 36.4 Å². The van der Waals surface area contributed by atoms with Gasteiger partial charge in [0.2, 0.25) is 0 Å². The summed E-state index contributed by atoms with van der Waals surface area (Å²) >= 11 is 0. The molecule has 3 heterocycles. The summed E-state index contributed by atoms with van der Waals surface area (Å²) in [6.07, 6.45) is 0.597. The first-order valence-corrected chi connectivity index (χ1v) is 12.0. The Morgan fingerprint density at radius 3 is 2.75 bits per heavy atom. The van der Waals surface area contributed by atoms with Crippen LogP contribution in [-0.4, -0.2) is 70.3 Å². The Labute approximate surface area is 208 Å². The summed E-state index contributed by atoms with van der Waals surface area (Å²) in [7, 11) is 1.70. The Morgan fingerprint density at radius 1 is 1.28 bits per heavy atom. The second-order valence-corrected chi connectivity index (χ2v) is 9.62. The van der Waals surface area contributed by atoms with Gasteiger partial charge in [-0.05, 0) is 43.7 Å². The van der Waals surface area contributed by atoms with Gasteiger partial charge in [0.1, 0.15) is 11.5 Å². The minimum atomic E-state index is -3.04. The Morgan fingerprint density at radius 2 is 2.06 bits per heavy atom. The maximum absolute atomic E-state index is 13.3. The van der Waals surface area contributed by atoms with E-state index in [9.17, 15) is 13.6 Å². The number of hydrogen-bond donors (Lipinski definition) is 1. The maximum atomic E-state index is 13.3. The van der Waals surface area contributed by atoms with Crippen LogP contribution in [0.2, 0.25) is 0 Å². The minimum Gasteiger partial charge on any atom is -0.433 e. The molecule has 1 fully saturated rings. The molecule has 0 bridgehead atoms. The monoisotopic (exact) mass is 494 g/mol. The van der Waals surface area contributed by atoms with Crippen molar-refractivity contribution in [2.24, 2.45) is 5.41 Å². The van der Waals surface area contributed by atoms with Crippen LogP contribution in [-0.2, 0) is 0 Å². The third-order valence-corrected chi connectivity index (χ3v) is 6.89. The Hall–Kier alpha value is -3.48. The lowest BCUT2D eigenvalue weighted by atomic mass is 9.82. The summed E-state index contributed by atoms with van der Waals surface area (Å²) in [6, 6.07) is 9.92. The van der Waals surface area contributed by atoms with Crippen molar-refractivity contribution in [2.45, 2.75) is 32.9 Å². The van der Waals surface area contributed by atoms with Crippen molar-refractivity contribution in [2.75, 3.05) is 33.3 Å². The van der Waals surface area contributed by atoms with Crippen LogP contribution in [0.1, 0.15) is 48.1 Å². The van der Waals surface area contributed by atoms with Crippen molar-refractivity contribution >= 4 is 16.9 Å². The molecule has 0 radical (unpaired) electrons. The van der Waals surface area contributed by atoms with Gasteiger partial charge in [0.05, 0.1) is 34.7 Å². The molecule has 188 valence electrons. The van der Waals surface area contributed by atoms with E-state index in [1.165, 1.54) is 6.07 Å². The van der Waals surface area contributed by atoms with E-state index in [2.05, 4.69) is 23.7 Å². The van der Waals surface area contributed by atoms with E-state index in [1.807, 2.05) is 25.1 Å². The zero-order valence-electron chi connectivity index (χ0n) is 20.5. The van der Waals surface area contributed by atoms with Gasteiger partial charge in [0, 0.05) is 32.2 Å². The van der Waals surface area contributed by atoms with Crippen molar-refractivity contribution in [1.82, 2.24) is 19.4 Å². The minimum absolute atomic E-state index is 0.0796. The number of para-hydroxylation sites is 1. The Balaban J connectivity index is 1.67. The van der Waals surface area contributed by atoms with E-state index < -0.39 is 6.61 Å². The number of ether oxygens (including phenoxy) is 1. The van der Waals surface area contributed by atoms with Gasteiger partial charge in [0.25, 0.3) is 5.91 Å². The molecule has 7 nitrogen and oxygen atoms in total. The summed E-state index contributed by atoms with van der Waals surface area (Å²) in [6.45, 7) is 3.36. The molecule has 9 heteroatoms. The first-order valence-electron chi connectivity index (χ1n) is 12.0. The summed E-state index contributed by atoms with van der Waals surface area (Å²) in [5.41, 5.74) is 2.49. The largest absolute Gasteiger partial charge is 0.433 e. The highest BCUT2D eigenvalue weighted by molar-refractivity contribution is 6.00. The Bertz CT molecular complexity index is 1380. The number of benzene rings is 2. The number of carbonyl (C=O) groups excluding carboxylic acids is 1. The van der Waals surface area contributed by atoms with Crippen molar-refractivity contribution in [1.29, 1.82) is 0 Å². The molecule has 5 rings (SSSR count). The SMILES string of the molecule is CCC1c2nc3ccc(C#CC4(C)CN(CCO)C4)cc3n2-c2c(OC(F)F)cccc2C(=O)N1C. The lowest BCUT2D eigenvalue weighted by Gasteiger charge is -2.44. The zero-order valence-corrected chi connectivity index (χ0v) is 20.5. The van der Waals surface area contributed by atoms with Crippen LogP contribution in [0.3, 0.4) is 0 Å². The number of likely N-dealkylation sites (tertiary alicyclic amines) is 1. The number of rotatable bonds is 5. The molecule has 1 atom stereocenters. The van der Waals surface area contributed by atoms with Gasteiger partial charge in [-0.3, -0.25) is 14.3 Å². The zero-order chi connectivity index (χ0) is 25.6. The molecule has 1 unspecified atom stereocenters. The van der Waals surface area contributed by atoms with Crippen LogP contribution < -0.4 is 4.74 Å². The van der Waals surface area contributed by atoms with Gasteiger partial charge in [-0.2, -0.15) is 8.78 Å². The quantitative estimate of drug-likeness (QED) is 0.546. The molecule has 3 aromatic rings. The fourth-order valence-electron chi connectivity index (χ4n) is 5.25. The van der Waals surface area contributed by atoms with E-state index in [0.717, 1.165) is 18.7 Å². The number of hydrogen-bond acceptors (Lipinski definition) is 5. The lowest BCUT2D eigenvalue weighted by molar-refractivity contribution is -0.0498. The van der Waals surface area contributed by atoms with Gasteiger partial charge in [-0.25, -0.2) is 4.98 Å². The topological polar surface area (TPSA) is 70.8 Å². The van der Waals surface area contributed by atoms with E-state index in [1.54, 1.807) is 28.6 Å². The molecule has 2 aliphatic rings. The number of amides is 1. The molecular weight excluding hydrogens is 466 g/mol. The number of β-amino-alcohol motifs (C(OH)–C–C–N with tert-alkyl or cyclic N) is 1. The standard InChI is InChI=1S/C27H28F2N4O3/c1-4-20-24-30-19-9-8-17(10-11-27(2)15-32(16-27)12-13-34)14-21(19)33(24)23-18(25(35)31(20)3)6-5-7-22(23)36-26(28)29/h5-9,14,20,26,34H,4,12-13,15-16H2,1-3H3. The molecule has 1 aromatic heterocycles. The third-order valence-electron chi connectivity index (χ3n) is 6.89.